The average molecular weight is 380 g/mol. The zero-order valence-corrected chi connectivity index (χ0v) is 16.7. The van der Waals surface area contributed by atoms with E-state index in [9.17, 15) is 0 Å². The van der Waals surface area contributed by atoms with Crippen molar-refractivity contribution in [3.05, 3.63) is 119 Å². The normalized spacial score (nSPS) is 13.1. The number of rotatable bonds is 0. The van der Waals surface area contributed by atoms with Gasteiger partial charge in [0.05, 0.1) is 0 Å². The lowest BCUT2D eigenvalue weighted by Gasteiger charge is -2.22. The zero-order chi connectivity index (χ0) is 19.7. The van der Waals surface area contributed by atoms with E-state index in [4.69, 9.17) is 0 Å². The predicted octanol–water partition coefficient (Wildman–Crippen LogP) is 7.79. The molecule has 30 heavy (non-hydrogen) atoms. The van der Waals surface area contributed by atoms with Crippen LogP contribution in [0.2, 0.25) is 0 Å². The van der Waals surface area contributed by atoms with Gasteiger partial charge in [-0.3, -0.25) is 0 Å². The highest BCUT2D eigenvalue weighted by molar-refractivity contribution is 6.00. The number of hydrogen-bond donors (Lipinski definition) is 0. The van der Waals surface area contributed by atoms with E-state index < -0.39 is 0 Å². The second kappa shape index (κ2) is 5.93. The molecular weight excluding hydrogens is 360 g/mol. The molecule has 0 nitrogen and oxygen atoms in total. The minimum absolute atomic E-state index is 1.02. The van der Waals surface area contributed by atoms with Gasteiger partial charge in [-0.25, -0.2) is 0 Å². The molecule has 0 saturated heterocycles. The molecule has 7 rings (SSSR count). The number of hydrogen-bond acceptors (Lipinski definition) is 0. The van der Waals surface area contributed by atoms with E-state index in [1.54, 1.807) is 0 Å². The average Bonchev–Trinajstić information content (AvgIpc) is 2.77. The van der Waals surface area contributed by atoms with E-state index in [0.717, 1.165) is 12.8 Å². The van der Waals surface area contributed by atoms with Gasteiger partial charge in [-0.05, 0) is 102 Å². The Balaban J connectivity index is 1.41. The van der Waals surface area contributed by atoms with Gasteiger partial charge < -0.3 is 0 Å². The van der Waals surface area contributed by atoms with Crippen LogP contribution in [0, 0.1) is 0 Å². The van der Waals surface area contributed by atoms with Crippen molar-refractivity contribution in [1.82, 2.24) is 0 Å². The van der Waals surface area contributed by atoms with Gasteiger partial charge in [0.25, 0.3) is 0 Å². The highest BCUT2D eigenvalue weighted by atomic mass is 14.2. The minimum atomic E-state index is 1.02. The molecule has 0 heterocycles. The van der Waals surface area contributed by atoms with E-state index in [0.29, 0.717) is 0 Å². The van der Waals surface area contributed by atoms with Crippen LogP contribution in [0.1, 0.15) is 22.3 Å². The van der Waals surface area contributed by atoms with Gasteiger partial charge in [0.15, 0.2) is 0 Å². The molecule has 0 fully saturated rings. The first-order chi connectivity index (χ1) is 14.8. The Morgan fingerprint density at radius 2 is 0.567 bits per heavy atom. The highest BCUT2D eigenvalue weighted by Gasteiger charge is 2.17. The third kappa shape index (κ3) is 2.40. The molecule has 0 bridgehead atoms. The lowest BCUT2D eigenvalue weighted by atomic mass is 9.83. The van der Waals surface area contributed by atoms with Crippen molar-refractivity contribution in [3.63, 3.8) is 0 Å². The number of benzene rings is 6. The topological polar surface area (TPSA) is 0 Å². The first-order valence-corrected chi connectivity index (χ1v) is 10.7. The van der Waals surface area contributed by atoms with Crippen molar-refractivity contribution in [2.45, 2.75) is 12.8 Å². The Labute approximate surface area is 175 Å². The summed E-state index contributed by atoms with van der Waals surface area (Å²) in [7, 11) is 0. The second-order valence-corrected chi connectivity index (χ2v) is 8.69. The molecule has 0 aromatic heterocycles. The Morgan fingerprint density at radius 3 is 0.833 bits per heavy atom. The van der Waals surface area contributed by atoms with Crippen LogP contribution < -0.4 is 0 Å². The summed E-state index contributed by atoms with van der Waals surface area (Å²) in [4.78, 5) is 0. The van der Waals surface area contributed by atoms with Crippen LogP contribution in [0.3, 0.4) is 0 Å². The van der Waals surface area contributed by atoms with Crippen molar-refractivity contribution in [2.24, 2.45) is 0 Å². The van der Waals surface area contributed by atoms with Crippen LogP contribution in [-0.4, -0.2) is 0 Å². The predicted molar refractivity (Wildman–Crippen MR) is 129 cm³/mol. The lowest BCUT2D eigenvalue weighted by molar-refractivity contribution is 1.01. The minimum Gasteiger partial charge on any atom is -0.0616 e. The van der Waals surface area contributed by atoms with Crippen molar-refractivity contribution >= 4 is 43.1 Å². The molecule has 1 aliphatic carbocycles. The van der Waals surface area contributed by atoms with Gasteiger partial charge >= 0.3 is 0 Å². The van der Waals surface area contributed by atoms with Crippen molar-refractivity contribution in [1.29, 1.82) is 0 Å². The Hall–Kier alpha value is -3.64. The summed E-state index contributed by atoms with van der Waals surface area (Å²) in [5.41, 5.74) is 5.91. The molecule has 0 aliphatic heterocycles. The smallest absolute Gasteiger partial charge is 0.00196 e. The summed E-state index contributed by atoms with van der Waals surface area (Å²) < 4.78 is 0. The van der Waals surface area contributed by atoms with E-state index in [1.165, 1.54) is 65.3 Å². The molecule has 140 valence electrons. The molecule has 0 heteroatoms. The van der Waals surface area contributed by atoms with E-state index in [2.05, 4.69) is 97.1 Å². The summed E-state index contributed by atoms with van der Waals surface area (Å²) in [6.45, 7) is 0. The maximum Gasteiger partial charge on any atom is -0.00196 e. The van der Waals surface area contributed by atoms with E-state index in [1.807, 2.05) is 0 Å². The molecule has 6 aromatic rings. The molecule has 6 aromatic carbocycles. The van der Waals surface area contributed by atoms with Crippen LogP contribution >= 0.6 is 0 Å². The maximum atomic E-state index is 2.42. The maximum absolute atomic E-state index is 2.42. The summed E-state index contributed by atoms with van der Waals surface area (Å²) in [6, 6.07) is 36.4. The van der Waals surface area contributed by atoms with Crippen LogP contribution in [0.25, 0.3) is 43.1 Å². The standard InChI is InChI=1S/C30H20/c1-2-6-20-10-24-14-28-18-30-16-26-12-22-8-4-3-7-21(22)11-25(26)15-29(30)17-27(28)13-23(24)9-19(20)5-1/h1-16H,17-18H2. The summed E-state index contributed by atoms with van der Waals surface area (Å²) in [5, 5.41) is 10.7. The molecule has 0 saturated carbocycles. The van der Waals surface area contributed by atoms with Gasteiger partial charge in [-0.15, -0.1) is 0 Å². The molecule has 0 spiro atoms. The molecule has 0 amide bonds. The third-order valence-electron chi connectivity index (χ3n) is 6.81. The lowest BCUT2D eigenvalue weighted by Crippen LogP contribution is -2.07. The Bertz CT molecular complexity index is 1390. The number of fused-ring (bicyclic) bond motifs is 6. The molecule has 0 radical (unpaired) electrons. The van der Waals surface area contributed by atoms with E-state index in [-0.39, 0.29) is 0 Å². The van der Waals surface area contributed by atoms with Gasteiger partial charge in [-0.2, -0.15) is 0 Å². The monoisotopic (exact) mass is 380 g/mol. The molecule has 0 N–H and O–H groups in total. The largest absolute Gasteiger partial charge is 0.0616 e. The molecular formula is C30H20. The Morgan fingerprint density at radius 1 is 0.300 bits per heavy atom. The van der Waals surface area contributed by atoms with Crippen LogP contribution in [0.4, 0.5) is 0 Å². The van der Waals surface area contributed by atoms with Gasteiger partial charge in [0.1, 0.15) is 0 Å². The first-order valence-electron chi connectivity index (χ1n) is 10.7. The molecule has 0 atom stereocenters. The van der Waals surface area contributed by atoms with Gasteiger partial charge in [0, 0.05) is 0 Å². The second-order valence-electron chi connectivity index (χ2n) is 8.69. The fourth-order valence-corrected chi connectivity index (χ4v) is 5.24. The van der Waals surface area contributed by atoms with Gasteiger partial charge in [0.2, 0.25) is 0 Å². The van der Waals surface area contributed by atoms with Crippen molar-refractivity contribution in [2.75, 3.05) is 0 Å². The van der Waals surface area contributed by atoms with Crippen molar-refractivity contribution < 1.29 is 0 Å². The fourth-order valence-electron chi connectivity index (χ4n) is 5.24. The first kappa shape index (κ1) is 16.2. The summed E-state index contributed by atoms with van der Waals surface area (Å²) in [5.74, 6) is 0. The highest BCUT2D eigenvalue weighted by Crippen LogP contribution is 2.35. The summed E-state index contributed by atoms with van der Waals surface area (Å²) in [6.07, 6.45) is 2.05. The van der Waals surface area contributed by atoms with Crippen LogP contribution in [0.15, 0.2) is 97.1 Å². The Kier molecular flexibility index (Phi) is 3.20. The SMILES string of the molecule is c1ccc2cc3cc4c(cc3cc2c1)Cc1cc2cc3ccccc3cc2cc1C4. The molecule has 0 unspecified atom stereocenters. The molecule has 1 aliphatic rings. The zero-order valence-electron chi connectivity index (χ0n) is 16.7. The summed E-state index contributed by atoms with van der Waals surface area (Å²) >= 11 is 0. The van der Waals surface area contributed by atoms with Gasteiger partial charge in [-0.1, -0.05) is 72.8 Å². The fraction of sp³-hybridized carbons (Fsp3) is 0.0667. The van der Waals surface area contributed by atoms with Crippen LogP contribution in [-0.2, 0) is 12.8 Å². The van der Waals surface area contributed by atoms with E-state index >= 15 is 0 Å². The van der Waals surface area contributed by atoms with Crippen molar-refractivity contribution in [3.8, 4) is 0 Å². The third-order valence-corrected chi connectivity index (χ3v) is 6.81. The van der Waals surface area contributed by atoms with Crippen LogP contribution in [0.5, 0.6) is 0 Å². The quantitative estimate of drug-likeness (QED) is 0.235.